The van der Waals surface area contributed by atoms with Gasteiger partial charge in [0.05, 0.1) is 29.4 Å². The Balaban J connectivity index is 1.64. The summed E-state index contributed by atoms with van der Waals surface area (Å²) < 4.78 is 18.6. The van der Waals surface area contributed by atoms with Crippen LogP contribution in [0.25, 0.3) is 0 Å². The van der Waals surface area contributed by atoms with Crippen molar-refractivity contribution in [2.75, 3.05) is 13.7 Å². The first-order valence-electron chi connectivity index (χ1n) is 9.01. The highest BCUT2D eigenvalue weighted by Gasteiger charge is 2.10. The summed E-state index contributed by atoms with van der Waals surface area (Å²) in [5.74, 6) is 1.83. The Kier molecular flexibility index (Phi) is 7.07. The Morgan fingerprint density at radius 3 is 2.34 bits per heavy atom. The van der Waals surface area contributed by atoms with Gasteiger partial charge >= 0.3 is 0 Å². The summed E-state index contributed by atoms with van der Waals surface area (Å²) >= 11 is 12.0. The lowest BCUT2D eigenvalue weighted by Crippen LogP contribution is -2.17. The molecule has 1 aromatic heterocycles. The van der Waals surface area contributed by atoms with Gasteiger partial charge in [-0.2, -0.15) is 0 Å². The molecule has 0 amide bonds. The second-order valence-electron chi connectivity index (χ2n) is 6.35. The van der Waals surface area contributed by atoms with Crippen LogP contribution in [-0.2, 0) is 13.2 Å². The molecule has 0 radical (unpaired) electrons. The molecule has 0 fully saturated rings. The number of halogens is 2. The second kappa shape index (κ2) is 9.72. The van der Waals surface area contributed by atoms with E-state index in [2.05, 4.69) is 0 Å². The van der Waals surface area contributed by atoms with E-state index in [1.165, 1.54) is 6.07 Å². The normalized spacial score (nSPS) is 10.6. The molecule has 0 saturated heterocycles. The van der Waals surface area contributed by atoms with Crippen LogP contribution in [0, 0.1) is 6.92 Å². The number of benzene rings is 2. The fraction of sp³-hybridized carbons (Fsp3) is 0.227. The van der Waals surface area contributed by atoms with Gasteiger partial charge in [-0.15, -0.1) is 0 Å². The lowest BCUT2D eigenvalue weighted by Gasteiger charge is -2.15. The molecular formula is C22H21Cl2NO4. The molecule has 3 aromatic rings. The Bertz CT molecular complexity index is 1030. The van der Waals surface area contributed by atoms with E-state index >= 15 is 0 Å². The van der Waals surface area contributed by atoms with E-state index in [4.69, 9.17) is 37.4 Å². The van der Waals surface area contributed by atoms with E-state index in [0.29, 0.717) is 28.9 Å². The van der Waals surface area contributed by atoms with Crippen LogP contribution in [0.3, 0.4) is 0 Å². The minimum absolute atomic E-state index is 0.171. The van der Waals surface area contributed by atoms with Crippen LogP contribution in [0.1, 0.15) is 11.3 Å². The summed E-state index contributed by atoms with van der Waals surface area (Å²) in [6.07, 6.45) is 1.74. The molecule has 29 heavy (non-hydrogen) atoms. The van der Waals surface area contributed by atoms with Crippen molar-refractivity contribution in [1.82, 2.24) is 4.57 Å². The SMILES string of the molecule is COc1ccc(OCCn2ccc(=O)c(OCc3ccc(Cl)c(Cl)c3)c2C)cc1. The molecule has 7 heteroatoms. The van der Waals surface area contributed by atoms with Crippen molar-refractivity contribution in [3.63, 3.8) is 0 Å². The number of aromatic nitrogens is 1. The van der Waals surface area contributed by atoms with Crippen LogP contribution in [0.4, 0.5) is 0 Å². The van der Waals surface area contributed by atoms with Crippen LogP contribution in [0.15, 0.2) is 59.5 Å². The smallest absolute Gasteiger partial charge is 0.223 e. The van der Waals surface area contributed by atoms with Crippen LogP contribution in [0.2, 0.25) is 10.0 Å². The zero-order chi connectivity index (χ0) is 20.8. The third-order valence-electron chi connectivity index (χ3n) is 4.42. The predicted molar refractivity (Wildman–Crippen MR) is 115 cm³/mol. The zero-order valence-corrected chi connectivity index (χ0v) is 17.7. The third kappa shape index (κ3) is 5.46. The van der Waals surface area contributed by atoms with E-state index in [1.807, 2.05) is 41.8 Å². The minimum atomic E-state index is -0.171. The molecule has 0 aliphatic carbocycles. The zero-order valence-electron chi connectivity index (χ0n) is 16.2. The summed E-state index contributed by atoms with van der Waals surface area (Å²) in [5, 5.41) is 0.927. The van der Waals surface area contributed by atoms with Crippen molar-refractivity contribution in [3.05, 3.63) is 86.3 Å². The molecule has 0 saturated carbocycles. The van der Waals surface area contributed by atoms with Gasteiger partial charge < -0.3 is 18.8 Å². The summed E-state index contributed by atoms with van der Waals surface area (Å²) in [7, 11) is 1.62. The maximum Gasteiger partial charge on any atom is 0.223 e. The van der Waals surface area contributed by atoms with Crippen molar-refractivity contribution in [3.8, 4) is 17.2 Å². The van der Waals surface area contributed by atoms with Crippen LogP contribution in [-0.4, -0.2) is 18.3 Å². The summed E-state index contributed by atoms with van der Waals surface area (Å²) in [5.41, 5.74) is 1.39. The standard InChI is InChI=1S/C22H21Cl2NO4/c1-15-22(29-14-16-3-8-19(23)20(24)13-16)21(26)9-10-25(15)11-12-28-18-6-4-17(27-2)5-7-18/h3-10,13H,11-12,14H2,1-2H3. The number of pyridine rings is 1. The number of methoxy groups -OCH3 is 1. The molecule has 0 spiro atoms. The summed E-state index contributed by atoms with van der Waals surface area (Å²) in [6, 6.07) is 14.1. The molecule has 5 nitrogen and oxygen atoms in total. The Hall–Kier alpha value is -2.63. The molecule has 0 aliphatic rings. The maximum absolute atomic E-state index is 12.3. The van der Waals surface area contributed by atoms with Crippen molar-refractivity contribution in [2.24, 2.45) is 0 Å². The molecule has 0 bridgehead atoms. The van der Waals surface area contributed by atoms with Crippen molar-refractivity contribution in [2.45, 2.75) is 20.1 Å². The molecule has 0 unspecified atom stereocenters. The third-order valence-corrected chi connectivity index (χ3v) is 5.16. The second-order valence-corrected chi connectivity index (χ2v) is 7.16. The van der Waals surface area contributed by atoms with E-state index in [9.17, 15) is 4.79 Å². The number of nitrogens with zero attached hydrogens (tertiary/aromatic N) is 1. The number of ether oxygens (including phenoxy) is 3. The fourth-order valence-corrected chi connectivity index (χ4v) is 3.11. The first-order chi connectivity index (χ1) is 14.0. The summed E-state index contributed by atoms with van der Waals surface area (Å²) in [4.78, 5) is 12.3. The predicted octanol–water partition coefficient (Wildman–Crippen LogP) is 5.13. The topological polar surface area (TPSA) is 49.7 Å². The summed E-state index contributed by atoms with van der Waals surface area (Å²) in [6.45, 7) is 3.09. The first-order valence-corrected chi connectivity index (χ1v) is 9.77. The van der Waals surface area contributed by atoms with Crippen molar-refractivity contribution in [1.29, 1.82) is 0 Å². The van der Waals surface area contributed by atoms with Crippen LogP contribution in [0.5, 0.6) is 17.2 Å². The van der Waals surface area contributed by atoms with E-state index in [1.54, 1.807) is 25.4 Å². The Morgan fingerprint density at radius 1 is 0.931 bits per heavy atom. The number of hydrogen-bond acceptors (Lipinski definition) is 4. The molecule has 0 N–H and O–H groups in total. The fourth-order valence-electron chi connectivity index (χ4n) is 2.79. The molecule has 0 aliphatic heterocycles. The number of hydrogen-bond donors (Lipinski definition) is 0. The Morgan fingerprint density at radius 2 is 1.66 bits per heavy atom. The lowest BCUT2D eigenvalue weighted by atomic mass is 10.2. The monoisotopic (exact) mass is 433 g/mol. The van der Waals surface area contributed by atoms with Gasteiger partial charge in [-0.3, -0.25) is 4.79 Å². The molecule has 1 heterocycles. The lowest BCUT2D eigenvalue weighted by molar-refractivity contribution is 0.283. The first kappa shape index (κ1) is 21.1. The van der Waals surface area contributed by atoms with Crippen molar-refractivity contribution < 1.29 is 14.2 Å². The molecule has 0 atom stereocenters. The maximum atomic E-state index is 12.3. The van der Waals surface area contributed by atoms with Gasteiger partial charge in [-0.25, -0.2) is 0 Å². The highest BCUT2D eigenvalue weighted by molar-refractivity contribution is 6.42. The van der Waals surface area contributed by atoms with Gasteiger partial charge in [0.2, 0.25) is 5.43 Å². The van der Waals surface area contributed by atoms with Gasteiger partial charge in [0, 0.05) is 12.3 Å². The average Bonchev–Trinajstić information content (AvgIpc) is 2.72. The van der Waals surface area contributed by atoms with Gasteiger partial charge in [-0.1, -0.05) is 29.3 Å². The van der Waals surface area contributed by atoms with Crippen molar-refractivity contribution >= 4 is 23.2 Å². The van der Waals surface area contributed by atoms with E-state index in [-0.39, 0.29) is 12.0 Å². The minimum Gasteiger partial charge on any atom is -0.497 e. The van der Waals surface area contributed by atoms with Crippen LogP contribution < -0.4 is 19.6 Å². The van der Waals surface area contributed by atoms with E-state index in [0.717, 1.165) is 22.8 Å². The number of rotatable bonds is 8. The van der Waals surface area contributed by atoms with Gasteiger partial charge in [0.1, 0.15) is 24.7 Å². The molecule has 152 valence electrons. The molecule has 2 aromatic carbocycles. The molecule has 3 rings (SSSR count). The van der Waals surface area contributed by atoms with Gasteiger partial charge in [0.15, 0.2) is 5.75 Å². The van der Waals surface area contributed by atoms with E-state index < -0.39 is 0 Å². The van der Waals surface area contributed by atoms with Gasteiger partial charge in [0.25, 0.3) is 0 Å². The Labute approximate surface area is 179 Å². The largest absolute Gasteiger partial charge is 0.497 e. The highest BCUT2D eigenvalue weighted by atomic mass is 35.5. The van der Waals surface area contributed by atoms with Gasteiger partial charge in [-0.05, 0) is 48.9 Å². The quantitative estimate of drug-likeness (QED) is 0.493. The van der Waals surface area contributed by atoms with Crippen LogP contribution >= 0.6 is 23.2 Å². The average molecular weight is 434 g/mol. The highest BCUT2D eigenvalue weighted by Crippen LogP contribution is 2.23. The molecular weight excluding hydrogens is 413 g/mol.